The van der Waals surface area contributed by atoms with E-state index in [1.807, 2.05) is 263 Å². The highest BCUT2D eigenvalue weighted by Gasteiger charge is 2.38. The second-order valence-electron chi connectivity index (χ2n) is 37.9. The lowest BCUT2D eigenvalue weighted by Crippen LogP contribution is -2.13. The summed E-state index contributed by atoms with van der Waals surface area (Å²) in [5, 5.41) is 126. The Morgan fingerprint density at radius 1 is 0.174 bits per heavy atom. The van der Waals surface area contributed by atoms with Gasteiger partial charge in [-0.05, 0) is 328 Å². The summed E-state index contributed by atoms with van der Waals surface area (Å²) in [7, 11) is 0. The Labute approximate surface area is 853 Å². The molecule has 0 saturated carbocycles. The van der Waals surface area contributed by atoms with E-state index >= 15 is 0 Å². The molecule has 0 radical (unpaired) electrons. The first-order valence-corrected chi connectivity index (χ1v) is 49.5. The highest BCUT2D eigenvalue weighted by molar-refractivity contribution is 6.27. The molecule has 0 saturated heterocycles. The van der Waals surface area contributed by atoms with Gasteiger partial charge in [0.05, 0.1) is 0 Å². The van der Waals surface area contributed by atoms with E-state index in [0.717, 1.165) is 242 Å². The predicted octanol–water partition coefficient (Wildman–Crippen LogP) is 34.3. The molecule has 15 nitrogen and oxygen atoms in total. The smallest absolute Gasteiger partial charge is 0.136 e. The molecule has 4 aliphatic heterocycles. The topological polar surface area (TPSA) is 252 Å². The number of hydrogen-bond donors (Lipinski definition) is 10. The van der Waals surface area contributed by atoms with Crippen molar-refractivity contribution in [3.63, 3.8) is 0 Å². The summed E-state index contributed by atoms with van der Waals surface area (Å²) in [5.41, 5.74) is 15.5. The van der Waals surface area contributed by atoms with Crippen LogP contribution in [0, 0.1) is 0 Å². The zero-order chi connectivity index (χ0) is 101. The Bertz CT molecular complexity index is 9490. The van der Waals surface area contributed by atoms with Crippen molar-refractivity contribution in [3.8, 4) is 115 Å². The lowest BCUT2D eigenvalue weighted by atomic mass is 9.78. The minimum absolute atomic E-state index is 0.0963. The van der Waals surface area contributed by atoms with Crippen LogP contribution in [0.25, 0.3) is 152 Å². The Kier molecular flexibility index (Phi) is 22.5. The van der Waals surface area contributed by atoms with Gasteiger partial charge >= 0.3 is 0 Å². The van der Waals surface area contributed by atoms with Crippen LogP contribution in [0.5, 0.6) is 103 Å². The lowest BCUT2D eigenvalue weighted by Gasteiger charge is -2.31. The molecule has 25 aromatic carbocycles. The third-order valence-corrected chi connectivity index (χ3v) is 29.1. The maximum atomic E-state index is 10.4. The van der Waals surface area contributed by atoms with Crippen molar-refractivity contribution in [2.24, 2.45) is 0 Å². The van der Waals surface area contributed by atoms with Gasteiger partial charge in [0, 0.05) is 79.5 Å². The van der Waals surface area contributed by atoms with Crippen LogP contribution in [0.4, 0.5) is 0 Å². The van der Waals surface area contributed by atoms with Gasteiger partial charge in [-0.2, -0.15) is 0 Å². The summed E-state index contributed by atoms with van der Waals surface area (Å²) in [6.45, 7) is 4.00. The molecule has 718 valence electrons. The quantitative estimate of drug-likeness (QED) is 0.0787. The normalized spacial score (nSPS) is 12.6. The number of ether oxygens (including phenoxy) is 4. The summed E-state index contributed by atoms with van der Waals surface area (Å²) in [4.78, 5) is 0. The van der Waals surface area contributed by atoms with Gasteiger partial charge in [-0.15, -0.1) is 0 Å². The van der Waals surface area contributed by atoms with Gasteiger partial charge in [-0.3, -0.25) is 0 Å². The minimum Gasteiger partial charge on any atom is -0.508 e. The van der Waals surface area contributed by atoms with E-state index in [1.54, 1.807) is 97.1 Å². The van der Waals surface area contributed by atoms with Crippen molar-refractivity contribution in [2.45, 2.75) is 38.0 Å². The van der Waals surface area contributed by atoms with Gasteiger partial charge < -0.3 is 74.4 Å². The standard InChI is InChI=1S/C33H22O3.C31H20O3.C27H18O3.C21H14O3.C20H12O3.C2H6/c34-25-14-10-22-12-16-29-32(27(22)18-25)31(24-8-6-21(7-9-24)20-4-2-1-3-5-20)33-28-19-26(35)15-11-23(28)13-17-30(33)36-29;32-23-11-7-19-9-13-27-30(25(19)16-23)29(22-6-5-18-3-1-2-4-21(18)15-22)31-26-17-24(33)12-8-20(26)10-14-28(31)34-27;28-19-10-6-16-8-12-23-26(21(16)14-19)25(18-4-2-1-3-5-18)27-22-15-20(29)11-7-17(22)9-13-24(27)30-23;22-14-5-1-12-3-7-20-18(16(12)9-14)11-19-17-10-15(23)6-2-13(17)4-8-21(19)24-20;21-13-5-1-11-3-7-17-19(15(11)9-13)20-16-10-14(22)6-2-12(16)4-8-18(20)23-17;1-2/h1-19,31,34-35H;1-17,29,32-33H;1-15,25,28-29H;1-10,22-23H,11H2;1-10,21-22H;1-2H3. The fourth-order valence-electron chi connectivity index (χ4n) is 22.4. The van der Waals surface area contributed by atoms with E-state index in [1.165, 1.54) is 16.3 Å². The monoisotopic (exact) mass is 1940 g/mol. The molecule has 5 heterocycles. The van der Waals surface area contributed by atoms with Crippen molar-refractivity contribution < 1.29 is 74.4 Å². The maximum Gasteiger partial charge on any atom is 0.136 e. The number of phenolic OH excluding ortho intramolecular Hbond substituents is 10. The van der Waals surface area contributed by atoms with Gasteiger partial charge in [-0.25, -0.2) is 0 Å². The van der Waals surface area contributed by atoms with E-state index < -0.39 is 0 Å². The second-order valence-corrected chi connectivity index (χ2v) is 37.9. The number of rotatable bonds is 4. The Morgan fingerprint density at radius 3 is 0.725 bits per heavy atom. The van der Waals surface area contributed by atoms with Crippen LogP contribution < -0.4 is 18.9 Å². The minimum atomic E-state index is -0.149. The molecule has 15 heteroatoms. The first-order valence-electron chi connectivity index (χ1n) is 49.5. The zero-order valence-electron chi connectivity index (χ0n) is 80.4. The summed E-state index contributed by atoms with van der Waals surface area (Å²) in [5.74, 6) is 8.21. The maximum absolute atomic E-state index is 10.4. The van der Waals surface area contributed by atoms with Crippen molar-refractivity contribution in [2.75, 3.05) is 0 Å². The van der Waals surface area contributed by atoms with Crippen molar-refractivity contribution >= 4 is 140 Å². The Balaban J connectivity index is 0.0000000971. The second kappa shape index (κ2) is 37.0. The van der Waals surface area contributed by atoms with Gasteiger partial charge in [0.25, 0.3) is 0 Å². The first kappa shape index (κ1) is 90.6. The fraction of sp³-hybridized carbons (Fsp3) is 0.0448. The van der Waals surface area contributed by atoms with Crippen LogP contribution in [0.1, 0.15) is 92.8 Å². The van der Waals surface area contributed by atoms with E-state index in [0.29, 0.717) is 6.42 Å². The first-order chi connectivity index (χ1) is 72.9. The summed E-state index contributed by atoms with van der Waals surface area (Å²) in [6, 6.07) is 138. The SMILES string of the molecule is CC.Oc1ccc2ccc3c(c2c1)C(c1ccc(-c2ccccc2)cc1)c1c(ccc2ccc(O)cc12)O3.Oc1ccc2ccc3c(c2c1)C(c1ccc2ccccc2c1)c1c(ccc2ccc(O)cc12)O3.Oc1ccc2ccc3c(c2c1)C(c1ccccc1)c1c(ccc2ccc(O)cc12)O3.Oc1ccc2ccc3c(c2c1)Cc1c(ccc2ccc(O)cc12)O3.Oc1ccc2ccc3oc4ccc5ccc(O)cc5c4c3c2c1. The molecule has 0 unspecified atom stereocenters. The average molecular weight is 1940 g/mol. The Hall–Kier alpha value is -19.6. The number of aromatic hydroxyl groups is 10. The van der Waals surface area contributed by atoms with Gasteiger partial charge in [0.1, 0.15) is 115 Å². The van der Waals surface area contributed by atoms with Crippen LogP contribution in [-0.4, -0.2) is 51.1 Å². The van der Waals surface area contributed by atoms with Gasteiger partial charge in [0.2, 0.25) is 0 Å². The molecule has 0 aliphatic carbocycles. The molecular formula is C134H92O15. The van der Waals surface area contributed by atoms with Gasteiger partial charge in [0.15, 0.2) is 0 Å². The third kappa shape index (κ3) is 16.3. The number of benzene rings is 25. The molecule has 0 fully saturated rings. The molecule has 10 N–H and O–H groups in total. The number of furan rings is 1. The van der Waals surface area contributed by atoms with Crippen LogP contribution in [0.15, 0.2) is 435 Å². The van der Waals surface area contributed by atoms with Crippen LogP contribution in [-0.2, 0) is 6.42 Å². The van der Waals surface area contributed by atoms with E-state index in [2.05, 4.69) is 84.9 Å². The van der Waals surface area contributed by atoms with E-state index in [-0.39, 0.29) is 75.2 Å². The highest BCUT2D eigenvalue weighted by atomic mass is 16.5. The van der Waals surface area contributed by atoms with Crippen LogP contribution in [0.2, 0.25) is 0 Å². The van der Waals surface area contributed by atoms with Crippen molar-refractivity contribution in [1.82, 2.24) is 0 Å². The predicted molar refractivity (Wildman–Crippen MR) is 597 cm³/mol. The molecule has 0 spiro atoms. The number of hydrogen-bond acceptors (Lipinski definition) is 15. The molecule has 0 atom stereocenters. The number of fused-ring (bicyclic) bond motifs is 32. The third-order valence-electron chi connectivity index (χ3n) is 29.1. The number of phenols is 10. The summed E-state index contributed by atoms with van der Waals surface area (Å²) < 4.78 is 31.4. The van der Waals surface area contributed by atoms with E-state index in [4.69, 9.17) is 23.4 Å². The summed E-state index contributed by atoms with van der Waals surface area (Å²) in [6.07, 6.45) is 0.701. The molecule has 0 amide bonds. The fourth-order valence-corrected chi connectivity index (χ4v) is 22.4. The molecule has 1 aromatic heterocycles. The molecule has 26 aromatic rings. The highest BCUT2D eigenvalue weighted by Crippen LogP contribution is 2.59. The van der Waals surface area contributed by atoms with Crippen molar-refractivity contribution in [3.05, 3.63) is 492 Å². The summed E-state index contributed by atoms with van der Waals surface area (Å²) >= 11 is 0. The van der Waals surface area contributed by atoms with Gasteiger partial charge in [-0.1, -0.05) is 263 Å². The van der Waals surface area contributed by atoms with E-state index in [9.17, 15) is 51.1 Å². The lowest BCUT2D eigenvalue weighted by molar-refractivity contribution is 0.455. The van der Waals surface area contributed by atoms with Crippen LogP contribution in [0.3, 0.4) is 0 Å². The van der Waals surface area contributed by atoms with Crippen LogP contribution >= 0.6 is 0 Å². The molecule has 30 rings (SSSR count). The zero-order valence-corrected chi connectivity index (χ0v) is 80.4. The molecular weight excluding hydrogens is 1850 g/mol. The average Bonchev–Trinajstić information content (AvgIpc) is 1.47. The molecule has 4 aliphatic rings. The van der Waals surface area contributed by atoms with Crippen molar-refractivity contribution in [1.29, 1.82) is 0 Å². The Morgan fingerprint density at radius 2 is 0.396 bits per heavy atom. The largest absolute Gasteiger partial charge is 0.508 e. The molecule has 149 heavy (non-hydrogen) atoms. The molecule has 0 bridgehead atoms.